The van der Waals surface area contributed by atoms with E-state index in [-0.39, 0.29) is 12.1 Å². The average molecular weight is 289 g/mol. The van der Waals surface area contributed by atoms with E-state index in [1.54, 1.807) is 0 Å². The van der Waals surface area contributed by atoms with Crippen molar-refractivity contribution in [2.24, 2.45) is 0 Å². The Morgan fingerprint density at radius 3 is 2.76 bits per heavy atom. The molecule has 0 aromatic heterocycles. The van der Waals surface area contributed by atoms with Gasteiger partial charge in [-0.2, -0.15) is 0 Å². The average Bonchev–Trinajstić information content (AvgIpc) is 2.92. The van der Waals surface area contributed by atoms with Crippen molar-refractivity contribution in [3.63, 3.8) is 0 Å². The van der Waals surface area contributed by atoms with Crippen molar-refractivity contribution in [1.29, 1.82) is 0 Å². The summed E-state index contributed by atoms with van der Waals surface area (Å²) in [5.74, 6) is 0. The largest absolute Gasteiger partial charge is 0.388 e. The van der Waals surface area contributed by atoms with Crippen molar-refractivity contribution < 1.29 is 9.90 Å². The summed E-state index contributed by atoms with van der Waals surface area (Å²) in [6.07, 6.45) is 3.58. The van der Waals surface area contributed by atoms with E-state index >= 15 is 0 Å². The van der Waals surface area contributed by atoms with Gasteiger partial charge in [-0.25, -0.2) is 4.79 Å². The first-order chi connectivity index (χ1) is 10.1. The second-order valence-corrected chi connectivity index (χ2v) is 6.17. The monoisotopic (exact) mass is 289 g/mol. The van der Waals surface area contributed by atoms with Crippen LogP contribution in [0.25, 0.3) is 0 Å². The van der Waals surface area contributed by atoms with E-state index in [4.69, 9.17) is 0 Å². The van der Waals surface area contributed by atoms with Crippen molar-refractivity contribution in [1.82, 2.24) is 10.6 Å². The third-order valence-corrected chi connectivity index (χ3v) is 4.51. The van der Waals surface area contributed by atoms with Crippen LogP contribution in [-0.2, 0) is 0 Å². The van der Waals surface area contributed by atoms with E-state index < -0.39 is 5.60 Å². The van der Waals surface area contributed by atoms with Crippen LogP contribution < -0.4 is 15.5 Å². The van der Waals surface area contributed by atoms with Crippen LogP contribution in [0.1, 0.15) is 25.7 Å². The number of carbonyl (C=O) groups excluding carboxylic acids is 1. The number of amides is 2. The van der Waals surface area contributed by atoms with Crippen LogP contribution in [-0.4, -0.2) is 42.4 Å². The Labute approximate surface area is 125 Å². The Morgan fingerprint density at radius 2 is 2.10 bits per heavy atom. The Hall–Kier alpha value is -1.75. The first-order valence-electron chi connectivity index (χ1n) is 7.71. The van der Waals surface area contributed by atoms with Gasteiger partial charge in [0.25, 0.3) is 0 Å². The second-order valence-electron chi connectivity index (χ2n) is 6.17. The zero-order valence-electron chi connectivity index (χ0n) is 12.2. The molecule has 2 amide bonds. The Kier molecular flexibility index (Phi) is 4.01. The van der Waals surface area contributed by atoms with Crippen LogP contribution in [0.4, 0.5) is 10.5 Å². The molecular formula is C16H23N3O2. The van der Waals surface area contributed by atoms with Gasteiger partial charge in [-0.3, -0.25) is 0 Å². The smallest absolute Gasteiger partial charge is 0.315 e. The van der Waals surface area contributed by atoms with Crippen molar-refractivity contribution in [2.45, 2.75) is 37.3 Å². The highest BCUT2D eigenvalue weighted by Gasteiger charge is 2.34. The van der Waals surface area contributed by atoms with Gasteiger partial charge in [0.1, 0.15) is 0 Å². The molecule has 3 rings (SSSR count). The van der Waals surface area contributed by atoms with Crippen molar-refractivity contribution >= 4 is 11.7 Å². The molecule has 2 fully saturated rings. The zero-order chi connectivity index (χ0) is 14.7. The molecule has 5 heteroatoms. The minimum Gasteiger partial charge on any atom is -0.388 e. The number of carbonyl (C=O) groups is 1. The maximum Gasteiger partial charge on any atom is 0.315 e. The number of rotatable bonds is 4. The summed E-state index contributed by atoms with van der Waals surface area (Å²) in [7, 11) is 0. The van der Waals surface area contributed by atoms with Gasteiger partial charge in [0.15, 0.2) is 0 Å². The molecule has 0 radical (unpaired) electrons. The number of nitrogens with one attached hydrogen (secondary N) is 2. The predicted octanol–water partition coefficient (Wildman–Crippen LogP) is 1.48. The maximum atomic E-state index is 11.9. The summed E-state index contributed by atoms with van der Waals surface area (Å²) in [5, 5.41) is 15.7. The van der Waals surface area contributed by atoms with E-state index in [1.165, 1.54) is 5.69 Å². The van der Waals surface area contributed by atoms with Crippen LogP contribution in [0, 0.1) is 0 Å². The van der Waals surface area contributed by atoms with Crippen molar-refractivity contribution in [2.75, 3.05) is 24.5 Å². The SMILES string of the molecule is O=C(NCC1(O)CCC1)NC1CCN(c2ccccc2)C1. The highest BCUT2D eigenvalue weighted by atomic mass is 16.3. The lowest BCUT2D eigenvalue weighted by atomic mass is 9.80. The molecular weight excluding hydrogens is 266 g/mol. The van der Waals surface area contributed by atoms with E-state index in [1.807, 2.05) is 18.2 Å². The molecule has 1 atom stereocenters. The molecule has 21 heavy (non-hydrogen) atoms. The third kappa shape index (κ3) is 3.47. The van der Waals surface area contributed by atoms with Gasteiger partial charge in [0, 0.05) is 31.4 Å². The van der Waals surface area contributed by atoms with Gasteiger partial charge in [-0.1, -0.05) is 18.2 Å². The van der Waals surface area contributed by atoms with E-state index in [9.17, 15) is 9.90 Å². The molecule has 1 saturated carbocycles. The fourth-order valence-corrected chi connectivity index (χ4v) is 2.99. The topological polar surface area (TPSA) is 64.6 Å². The highest BCUT2D eigenvalue weighted by Crippen LogP contribution is 2.30. The van der Waals surface area contributed by atoms with Crippen LogP contribution in [0.2, 0.25) is 0 Å². The molecule has 0 bridgehead atoms. The van der Waals surface area contributed by atoms with E-state index in [2.05, 4.69) is 27.7 Å². The van der Waals surface area contributed by atoms with Gasteiger partial charge >= 0.3 is 6.03 Å². The highest BCUT2D eigenvalue weighted by molar-refractivity contribution is 5.74. The fraction of sp³-hybridized carbons (Fsp3) is 0.562. The Morgan fingerprint density at radius 1 is 1.33 bits per heavy atom. The Balaban J connectivity index is 1.43. The third-order valence-electron chi connectivity index (χ3n) is 4.51. The summed E-state index contributed by atoms with van der Waals surface area (Å²) in [4.78, 5) is 14.2. The van der Waals surface area contributed by atoms with Crippen LogP contribution in [0.15, 0.2) is 30.3 Å². The van der Waals surface area contributed by atoms with Gasteiger partial charge in [0.2, 0.25) is 0 Å². The summed E-state index contributed by atoms with van der Waals surface area (Å²) < 4.78 is 0. The number of anilines is 1. The van der Waals surface area contributed by atoms with Crippen LogP contribution in [0.3, 0.4) is 0 Å². The molecule has 1 heterocycles. The maximum absolute atomic E-state index is 11.9. The van der Waals surface area contributed by atoms with Gasteiger partial charge in [-0.05, 0) is 37.8 Å². The fourth-order valence-electron chi connectivity index (χ4n) is 2.99. The molecule has 1 aliphatic heterocycles. The summed E-state index contributed by atoms with van der Waals surface area (Å²) >= 11 is 0. The van der Waals surface area contributed by atoms with E-state index in [0.29, 0.717) is 6.54 Å². The van der Waals surface area contributed by atoms with E-state index in [0.717, 1.165) is 38.8 Å². The van der Waals surface area contributed by atoms with Crippen LogP contribution in [0.5, 0.6) is 0 Å². The second kappa shape index (κ2) is 5.93. The first-order valence-corrected chi connectivity index (χ1v) is 7.71. The Bertz CT molecular complexity index is 488. The van der Waals surface area contributed by atoms with Gasteiger partial charge < -0.3 is 20.6 Å². The first kappa shape index (κ1) is 14.2. The zero-order valence-corrected chi connectivity index (χ0v) is 12.2. The number of hydrogen-bond acceptors (Lipinski definition) is 3. The number of para-hydroxylation sites is 1. The lowest BCUT2D eigenvalue weighted by Gasteiger charge is -2.36. The molecule has 1 aromatic rings. The molecule has 0 spiro atoms. The van der Waals surface area contributed by atoms with Gasteiger partial charge in [0.05, 0.1) is 5.60 Å². The normalized spacial score (nSPS) is 23.5. The molecule has 1 aromatic carbocycles. The molecule has 2 aliphatic rings. The lowest BCUT2D eigenvalue weighted by Crippen LogP contribution is -2.51. The molecule has 1 unspecified atom stereocenters. The molecule has 3 N–H and O–H groups in total. The molecule has 114 valence electrons. The summed E-state index contributed by atoms with van der Waals surface area (Å²) in [6.45, 7) is 2.15. The number of benzene rings is 1. The number of urea groups is 1. The van der Waals surface area contributed by atoms with Crippen molar-refractivity contribution in [3.05, 3.63) is 30.3 Å². The number of aliphatic hydroxyl groups is 1. The number of nitrogens with zero attached hydrogens (tertiary/aromatic N) is 1. The molecule has 5 nitrogen and oxygen atoms in total. The predicted molar refractivity (Wildman–Crippen MR) is 82.4 cm³/mol. The van der Waals surface area contributed by atoms with Crippen LogP contribution >= 0.6 is 0 Å². The lowest BCUT2D eigenvalue weighted by molar-refractivity contribution is -0.0290. The minimum atomic E-state index is -0.664. The quantitative estimate of drug-likeness (QED) is 0.786. The van der Waals surface area contributed by atoms with Gasteiger partial charge in [-0.15, -0.1) is 0 Å². The minimum absolute atomic E-state index is 0.168. The number of hydrogen-bond donors (Lipinski definition) is 3. The molecule has 1 aliphatic carbocycles. The van der Waals surface area contributed by atoms with Crippen molar-refractivity contribution in [3.8, 4) is 0 Å². The summed E-state index contributed by atoms with van der Waals surface area (Å²) in [6, 6.07) is 10.2. The standard InChI is InChI=1S/C16H23N3O2/c20-15(17-12-16(21)8-4-9-16)18-13-7-10-19(11-13)14-5-2-1-3-6-14/h1-3,5-6,13,21H,4,7-12H2,(H2,17,18,20). The summed E-state index contributed by atoms with van der Waals surface area (Å²) in [5.41, 5.74) is 0.536. The molecule has 1 saturated heterocycles.